The zero-order chi connectivity index (χ0) is 20.9. The highest BCUT2D eigenvalue weighted by molar-refractivity contribution is 7.99. The van der Waals surface area contributed by atoms with Crippen molar-refractivity contribution < 1.29 is 4.79 Å². The molecule has 1 aliphatic heterocycles. The summed E-state index contributed by atoms with van der Waals surface area (Å²) in [5.74, 6) is 7.05. The lowest BCUT2D eigenvalue weighted by atomic mass is 10.2. The lowest BCUT2D eigenvalue weighted by Crippen LogP contribution is -2.48. The minimum absolute atomic E-state index is 0.0930. The van der Waals surface area contributed by atoms with Crippen LogP contribution in [0.5, 0.6) is 0 Å². The Morgan fingerprint density at radius 3 is 2.40 bits per heavy atom. The summed E-state index contributed by atoms with van der Waals surface area (Å²) in [6.45, 7) is 4.13. The molecule has 1 aliphatic rings. The van der Waals surface area contributed by atoms with Crippen LogP contribution in [0.2, 0.25) is 5.02 Å². The standard InChI is InChI=1S/C21H23ClN6OS/c22-18-8-6-17(7-9-18)20-24-25-21(28(20)23)30-15-19(29)27-12-10-26(11-13-27)14-16-4-2-1-3-5-16/h1-9H,10-15,23H2. The zero-order valence-electron chi connectivity index (χ0n) is 16.4. The second kappa shape index (κ2) is 9.51. The summed E-state index contributed by atoms with van der Waals surface area (Å²) in [5.41, 5.74) is 2.12. The van der Waals surface area contributed by atoms with Gasteiger partial charge in [0.15, 0.2) is 5.82 Å². The second-order valence-corrected chi connectivity index (χ2v) is 8.49. The van der Waals surface area contributed by atoms with Gasteiger partial charge in [-0.05, 0) is 29.8 Å². The lowest BCUT2D eigenvalue weighted by Gasteiger charge is -2.34. The first-order valence-electron chi connectivity index (χ1n) is 9.73. The van der Waals surface area contributed by atoms with Crippen LogP contribution in [-0.4, -0.2) is 62.5 Å². The van der Waals surface area contributed by atoms with Crippen LogP contribution in [0.25, 0.3) is 11.4 Å². The number of aromatic nitrogens is 3. The van der Waals surface area contributed by atoms with Crippen LogP contribution < -0.4 is 5.84 Å². The molecule has 1 amide bonds. The van der Waals surface area contributed by atoms with E-state index in [1.807, 2.05) is 23.1 Å². The highest BCUT2D eigenvalue weighted by Gasteiger charge is 2.22. The van der Waals surface area contributed by atoms with E-state index >= 15 is 0 Å². The molecule has 156 valence electrons. The van der Waals surface area contributed by atoms with Gasteiger partial charge in [0.1, 0.15) is 0 Å². The van der Waals surface area contributed by atoms with Crippen molar-refractivity contribution in [2.24, 2.45) is 0 Å². The van der Waals surface area contributed by atoms with Crippen molar-refractivity contribution in [2.45, 2.75) is 11.7 Å². The molecular weight excluding hydrogens is 420 g/mol. The van der Waals surface area contributed by atoms with E-state index in [9.17, 15) is 4.79 Å². The predicted molar refractivity (Wildman–Crippen MR) is 120 cm³/mol. The van der Waals surface area contributed by atoms with Gasteiger partial charge in [-0.15, -0.1) is 10.2 Å². The molecule has 0 atom stereocenters. The van der Waals surface area contributed by atoms with Gasteiger partial charge in [0, 0.05) is 43.3 Å². The summed E-state index contributed by atoms with van der Waals surface area (Å²) >= 11 is 7.23. The van der Waals surface area contributed by atoms with Crippen LogP contribution >= 0.6 is 23.4 Å². The number of thioether (sulfide) groups is 1. The highest BCUT2D eigenvalue weighted by atomic mass is 35.5. The number of carbonyl (C=O) groups is 1. The van der Waals surface area contributed by atoms with Crippen LogP contribution in [0.4, 0.5) is 0 Å². The summed E-state index contributed by atoms with van der Waals surface area (Å²) in [6.07, 6.45) is 0. The Hall–Kier alpha value is -2.55. The van der Waals surface area contributed by atoms with Crippen molar-refractivity contribution in [3.8, 4) is 11.4 Å². The van der Waals surface area contributed by atoms with E-state index in [4.69, 9.17) is 17.4 Å². The van der Waals surface area contributed by atoms with Crippen molar-refractivity contribution in [3.63, 3.8) is 0 Å². The van der Waals surface area contributed by atoms with Crippen LogP contribution in [0.1, 0.15) is 5.56 Å². The van der Waals surface area contributed by atoms with Gasteiger partial charge in [-0.3, -0.25) is 9.69 Å². The zero-order valence-corrected chi connectivity index (χ0v) is 18.0. The Morgan fingerprint density at radius 2 is 1.70 bits per heavy atom. The van der Waals surface area contributed by atoms with Gasteiger partial charge in [-0.1, -0.05) is 53.7 Å². The first kappa shape index (κ1) is 20.7. The topological polar surface area (TPSA) is 80.3 Å². The van der Waals surface area contributed by atoms with E-state index in [0.29, 0.717) is 16.0 Å². The molecule has 0 bridgehead atoms. The molecule has 0 aliphatic carbocycles. The number of amides is 1. The van der Waals surface area contributed by atoms with Gasteiger partial charge in [-0.25, -0.2) is 4.68 Å². The lowest BCUT2D eigenvalue weighted by molar-refractivity contribution is -0.130. The SMILES string of the molecule is Nn1c(SCC(=O)N2CCN(Cc3ccccc3)CC2)nnc1-c1ccc(Cl)cc1. The molecule has 1 saturated heterocycles. The minimum Gasteiger partial charge on any atom is -0.339 e. The predicted octanol–water partition coefficient (Wildman–Crippen LogP) is 2.75. The molecule has 7 nitrogen and oxygen atoms in total. The number of nitrogen functional groups attached to an aromatic ring is 1. The molecule has 1 fully saturated rings. The fourth-order valence-corrected chi connectivity index (χ4v) is 4.27. The number of rotatable bonds is 6. The average Bonchev–Trinajstić information content (AvgIpc) is 3.14. The summed E-state index contributed by atoms with van der Waals surface area (Å²) in [4.78, 5) is 16.9. The first-order chi connectivity index (χ1) is 14.6. The van der Waals surface area contributed by atoms with Gasteiger partial charge in [0.05, 0.1) is 5.75 Å². The molecule has 0 unspecified atom stereocenters. The molecule has 1 aromatic heterocycles. The van der Waals surface area contributed by atoms with Gasteiger partial charge < -0.3 is 10.7 Å². The third-order valence-electron chi connectivity index (χ3n) is 5.07. The molecule has 2 N–H and O–H groups in total. The molecule has 4 rings (SSSR count). The molecule has 9 heteroatoms. The van der Waals surface area contributed by atoms with Crippen molar-refractivity contribution in [2.75, 3.05) is 37.8 Å². The Bertz CT molecular complexity index is 986. The molecule has 2 heterocycles. The van der Waals surface area contributed by atoms with E-state index in [0.717, 1.165) is 38.3 Å². The molecule has 0 spiro atoms. The number of nitrogens with two attached hydrogens (primary N) is 1. The van der Waals surface area contributed by atoms with E-state index in [1.54, 1.807) is 12.1 Å². The Balaban J connectivity index is 1.28. The average molecular weight is 443 g/mol. The van der Waals surface area contributed by atoms with E-state index in [-0.39, 0.29) is 11.7 Å². The van der Waals surface area contributed by atoms with Gasteiger partial charge >= 0.3 is 0 Å². The monoisotopic (exact) mass is 442 g/mol. The molecule has 3 aromatic rings. The maximum absolute atomic E-state index is 12.6. The Labute approximate surface area is 184 Å². The fraction of sp³-hybridized carbons (Fsp3) is 0.286. The fourth-order valence-electron chi connectivity index (χ4n) is 3.39. The minimum atomic E-state index is 0.0930. The van der Waals surface area contributed by atoms with E-state index in [1.165, 1.54) is 22.0 Å². The van der Waals surface area contributed by atoms with Crippen LogP contribution in [-0.2, 0) is 11.3 Å². The summed E-state index contributed by atoms with van der Waals surface area (Å²) in [5, 5.41) is 9.43. The quantitative estimate of drug-likeness (QED) is 0.467. The maximum atomic E-state index is 12.6. The van der Waals surface area contributed by atoms with Gasteiger partial charge in [0.2, 0.25) is 11.1 Å². The summed E-state index contributed by atoms with van der Waals surface area (Å²) < 4.78 is 1.42. The number of piperazine rings is 1. The van der Waals surface area contributed by atoms with Crippen molar-refractivity contribution >= 4 is 29.3 Å². The molecule has 0 radical (unpaired) electrons. The van der Waals surface area contributed by atoms with Crippen molar-refractivity contribution in [3.05, 3.63) is 65.2 Å². The number of carbonyl (C=O) groups excluding carboxylic acids is 1. The largest absolute Gasteiger partial charge is 0.339 e. The molecular formula is C21H23ClN6OS. The number of halogens is 1. The van der Waals surface area contributed by atoms with Crippen LogP contribution in [0.3, 0.4) is 0 Å². The van der Waals surface area contributed by atoms with Crippen LogP contribution in [0, 0.1) is 0 Å². The number of hydrogen-bond donors (Lipinski definition) is 1. The summed E-state index contributed by atoms with van der Waals surface area (Å²) in [6, 6.07) is 17.6. The smallest absolute Gasteiger partial charge is 0.233 e. The molecule has 30 heavy (non-hydrogen) atoms. The maximum Gasteiger partial charge on any atom is 0.233 e. The first-order valence-corrected chi connectivity index (χ1v) is 11.1. The van der Waals surface area contributed by atoms with Crippen LogP contribution in [0.15, 0.2) is 59.8 Å². The Morgan fingerprint density at radius 1 is 1.00 bits per heavy atom. The third kappa shape index (κ3) is 4.95. The van der Waals surface area contributed by atoms with E-state index < -0.39 is 0 Å². The second-order valence-electron chi connectivity index (χ2n) is 7.11. The molecule has 0 saturated carbocycles. The van der Waals surface area contributed by atoms with E-state index in [2.05, 4.69) is 39.4 Å². The molecule has 2 aromatic carbocycles. The number of benzene rings is 2. The number of hydrogen-bond acceptors (Lipinski definition) is 6. The van der Waals surface area contributed by atoms with Crippen molar-refractivity contribution in [1.29, 1.82) is 0 Å². The number of nitrogens with zero attached hydrogens (tertiary/aromatic N) is 5. The normalized spacial score (nSPS) is 14.8. The van der Waals surface area contributed by atoms with Gasteiger partial charge in [0.25, 0.3) is 0 Å². The highest BCUT2D eigenvalue weighted by Crippen LogP contribution is 2.23. The van der Waals surface area contributed by atoms with Crippen molar-refractivity contribution in [1.82, 2.24) is 24.7 Å². The van der Waals surface area contributed by atoms with Gasteiger partial charge in [-0.2, -0.15) is 0 Å². The third-order valence-corrected chi connectivity index (χ3v) is 6.25. The summed E-state index contributed by atoms with van der Waals surface area (Å²) in [7, 11) is 0. The Kier molecular flexibility index (Phi) is 6.56.